The minimum Gasteiger partial charge on any atom is -0.485 e. The van der Waals surface area contributed by atoms with Crippen molar-refractivity contribution in [2.45, 2.75) is 31.9 Å². The quantitative estimate of drug-likeness (QED) is 0.766. The number of allylic oxidation sites excluding steroid dienone is 1. The zero-order valence-electron chi connectivity index (χ0n) is 8.73. The second-order valence-corrected chi connectivity index (χ2v) is 3.70. The van der Waals surface area contributed by atoms with Crippen molar-refractivity contribution < 1.29 is 4.74 Å². The molecule has 0 aliphatic heterocycles. The van der Waals surface area contributed by atoms with Gasteiger partial charge in [-0.05, 0) is 37.5 Å². The average Bonchev–Trinajstić information content (AvgIpc) is 2.31. The molecule has 1 aliphatic rings. The van der Waals surface area contributed by atoms with E-state index in [1.54, 1.807) is 6.20 Å². The predicted molar refractivity (Wildman–Crippen MR) is 59.5 cm³/mol. The first-order valence-corrected chi connectivity index (χ1v) is 5.37. The number of nitrogens with two attached hydrogens (primary N) is 1. The minimum atomic E-state index is 0.212. The zero-order valence-corrected chi connectivity index (χ0v) is 8.73. The third kappa shape index (κ3) is 2.80. The predicted octanol–water partition coefficient (Wildman–Crippen LogP) is 2.03. The summed E-state index contributed by atoms with van der Waals surface area (Å²) in [6.45, 7) is 0.476. The molecule has 3 heteroatoms. The van der Waals surface area contributed by atoms with Gasteiger partial charge in [-0.1, -0.05) is 6.08 Å². The van der Waals surface area contributed by atoms with Gasteiger partial charge in [-0.25, -0.2) is 0 Å². The monoisotopic (exact) mass is 204 g/mol. The van der Waals surface area contributed by atoms with Gasteiger partial charge in [0.15, 0.2) is 0 Å². The van der Waals surface area contributed by atoms with E-state index in [1.807, 2.05) is 12.1 Å². The lowest BCUT2D eigenvalue weighted by atomic mass is 10.1. The van der Waals surface area contributed by atoms with Gasteiger partial charge < -0.3 is 10.5 Å². The number of rotatable bonds is 3. The van der Waals surface area contributed by atoms with E-state index < -0.39 is 0 Å². The maximum absolute atomic E-state index is 5.76. The van der Waals surface area contributed by atoms with Crippen LogP contribution < -0.4 is 10.5 Å². The zero-order chi connectivity index (χ0) is 10.5. The molecule has 1 aromatic rings. The largest absolute Gasteiger partial charge is 0.485 e. The first-order valence-electron chi connectivity index (χ1n) is 5.37. The molecule has 1 unspecified atom stereocenters. The van der Waals surface area contributed by atoms with E-state index in [4.69, 9.17) is 10.5 Å². The molecule has 0 radical (unpaired) electrons. The van der Waals surface area contributed by atoms with Crippen molar-refractivity contribution in [3.8, 4) is 5.75 Å². The summed E-state index contributed by atoms with van der Waals surface area (Å²) in [7, 11) is 0. The first-order chi connectivity index (χ1) is 7.38. The van der Waals surface area contributed by atoms with Crippen LogP contribution in [0, 0.1) is 0 Å². The summed E-state index contributed by atoms with van der Waals surface area (Å²) >= 11 is 0. The van der Waals surface area contributed by atoms with Crippen molar-refractivity contribution in [3.05, 3.63) is 36.2 Å². The number of hydrogen-bond acceptors (Lipinski definition) is 3. The maximum atomic E-state index is 5.76. The summed E-state index contributed by atoms with van der Waals surface area (Å²) < 4.78 is 5.76. The highest BCUT2D eigenvalue weighted by Gasteiger charge is 2.09. The average molecular weight is 204 g/mol. The van der Waals surface area contributed by atoms with Crippen LogP contribution in [0.2, 0.25) is 0 Å². The summed E-state index contributed by atoms with van der Waals surface area (Å²) in [6, 6.07) is 3.83. The van der Waals surface area contributed by atoms with E-state index in [1.165, 1.54) is 12.8 Å². The third-order valence-corrected chi connectivity index (χ3v) is 2.50. The molecular formula is C12H16N2O. The van der Waals surface area contributed by atoms with Crippen molar-refractivity contribution >= 4 is 0 Å². The van der Waals surface area contributed by atoms with Gasteiger partial charge in [-0.15, -0.1) is 0 Å². The molecule has 1 aliphatic carbocycles. The summed E-state index contributed by atoms with van der Waals surface area (Å²) in [5, 5.41) is 0. The van der Waals surface area contributed by atoms with E-state index in [9.17, 15) is 0 Å². The number of ether oxygens (including phenoxy) is 1. The second kappa shape index (κ2) is 4.94. The third-order valence-electron chi connectivity index (χ3n) is 2.50. The molecular weight excluding hydrogens is 188 g/mol. The van der Waals surface area contributed by atoms with Crippen LogP contribution in [0.5, 0.6) is 5.75 Å². The molecule has 0 bridgehead atoms. The van der Waals surface area contributed by atoms with Crippen molar-refractivity contribution in [3.63, 3.8) is 0 Å². The van der Waals surface area contributed by atoms with Gasteiger partial charge in [0, 0.05) is 6.54 Å². The molecule has 2 N–H and O–H groups in total. The van der Waals surface area contributed by atoms with Gasteiger partial charge in [0.1, 0.15) is 11.9 Å². The van der Waals surface area contributed by atoms with Crippen LogP contribution in [-0.4, -0.2) is 11.1 Å². The summed E-state index contributed by atoms with van der Waals surface area (Å²) in [4.78, 5) is 4.19. The van der Waals surface area contributed by atoms with Gasteiger partial charge in [0.2, 0.25) is 0 Å². The van der Waals surface area contributed by atoms with Crippen LogP contribution in [0.25, 0.3) is 0 Å². The van der Waals surface area contributed by atoms with Gasteiger partial charge in [-0.3, -0.25) is 4.98 Å². The van der Waals surface area contributed by atoms with Crippen molar-refractivity contribution in [2.24, 2.45) is 5.73 Å². The Labute approximate surface area is 90.0 Å². The highest BCUT2D eigenvalue weighted by Crippen LogP contribution is 2.18. The van der Waals surface area contributed by atoms with Gasteiger partial charge in [0.05, 0.1) is 11.9 Å². The standard InChI is InChI=1S/C12H16N2O/c13-8-10-6-7-12(9-14-10)15-11-4-2-1-3-5-11/h2,4,6-7,9,11H,1,3,5,8,13H2. The number of nitrogens with zero attached hydrogens (tertiary/aromatic N) is 1. The van der Waals surface area contributed by atoms with Crippen LogP contribution in [0.4, 0.5) is 0 Å². The van der Waals surface area contributed by atoms with Gasteiger partial charge >= 0.3 is 0 Å². The highest BCUT2D eigenvalue weighted by molar-refractivity contribution is 5.20. The summed E-state index contributed by atoms with van der Waals surface area (Å²) in [5.41, 5.74) is 6.36. The fourth-order valence-electron chi connectivity index (χ4n) is 1.66. The molecule has 0 spiro atoms. The Morgan fingerprint density at radius 2 is 2.40 bits per heavy atom. The molecule has 1 atom stereocenters. The Morgan fingerprint density at radius 1 is 1.47 bits per heavy atom. The molecule has 0 saturated carbocycles. The van der Waals surface area contributed by atoms with E-state index in [0.717, 1.165) is 17.9 Å². The van der Waals surface area contributed by atoms with E-state index in [-0.39, 0.29) is 6.10 Å². The van der Waals surface area contributed by atoms with Crippen LogP contribution in [-0.2, 0) is 6.54 Å². The lowest BCUT2D eigenvalue weighted by molar-refractivity contribution is 0.229. The van der Waals surface area contributed by atoms with E-state index in [2.05, 4.69) is 17.1 Å². The lowest BCUT2D eigenvalue weighted by Gasteiger charge is -2.18. The van der Waals surface area contributed by atoms with E-state index in [0.29, 0.717) is 6.54 Å². The molecule has 3 nitrogen and oxygen atoms in total. The normalized spacial score (nSPS) is 20.2. The Bertz CT molecular complexity index is 332. The van der Waals surface area contributed by atoms with Crippen molar-refractivity contribution in [2.75, 3.05) is 0 Å². The minimum absolute atomic E-state index is 0.212. The van der Waals surface area contributed by atoms with Gasteiger partial charge in [-0.2, -0.15) is 0 Å². The molecule has 0 aromatic carbocycles. The Balaban J connectivity index is 1.97. The molecule has 0 fully saturated rings. The SMILES string of the molecule is NCc1ccc(OC2C=CCCC2)cn1. The Hall–Kier alpha value is -1.35. The Kier molecular flexibility index (Phi) is 3.35. The number of hydrogen-bond donors (Lipinski definition) is 1. The number of aromatic nitrogens is 1. The number of pyridine rings is 1. The van der Waals surface area contributed by atoms with Crippen LogP contribution in [0.15, 0.2) is 30.5 Å². The van der Waals surface area contributed by atoms with E-state index >= 15 is 0 Å². The highest BCUT2D eigenvalue weighted by atomic mass is 16.5. The molecule has 15 heavy (non-hydrogen) atoms. The summed E-state index contributed by atoms with van der Waals surface area (Å²) in [6.07, 6.45) is 9.72. The Morgan fingerprint density at radius 3 is 3.00 bits per heavy atom. The van der Waals surface area contributed by atoms with Crippen molar-refractivity contribution in [1.82, 2.24) is 4.98 Å². The second-order valence-electron chi connectivity index (χ2n) is 3.70. The van der Waals surface area contributed by atoms with Crippen LogP contribution in [0.3, 0.4) is 0 Å². The fraction of sp³-hybridized carbons (Fsp3) is 0.417. The maximum Gasteiger partial charge on any atom is 0.138 e. The molecule has 0 saturated heterocycles. The van der Waals surface area contributed by atoms with Crippen LogP contribution >= 0.6 is 0 Å². The molecule has 2 rings (SSSR count). The lowest BCUT2D eigenvalue weighted by Crippen LogP contribution is -2.15. The van der Waals surface area contributed by atoms with Crippen LogP contribution in [0.1, 0.15) is 25.0 Å². The fourth-order valence-corrected chi connectivity index (χ4v) is 1.66. The summed E-state index contributed by atoms with van der Waals surface area (Å²) in [5.74, 6) is 0.823. The first kappa shape index (κ1) is 10.2. The van der Waals surface area contributed by atoms with Gasteiger partial charge in [0.25, 0.3) is 0 Å². The molecule has 0 amide bonds. The molecule has 80 valence electrons. The molecule has 1 aromatic heterocycles. The van der Waals surface area contributed by atoms with Crippen molar-refractivity contribution in [1.29, 1.82) is 0 Å². The smallest absolute Gasteiger partial charge is 0.138 e. The molecule has 1 heterocycles. The topological polar surface area (TPSA) is 48.1 Å².